The van der Waals surface area contributed by atoms with Gasteiger partial charge < -0.3 is 0 Å². The highest BCUT2D eigenvalue weighted by atomic mass is 31.1. The summed E-state index contributed by atoms with van der Waals surface area (Å²) in [6.45, 7) is 1.41. The van der Waals surface area contributed by atoms with Crippen LogP contribution in [0.15, 0.2) is 0 Å². The lowest BCUT2D eigenvalue weighted by Crippen LogP contribution is -2.00. The summed E-state index contributed by atoms with van der Waals surface area (Å²) in [5.74, 6) is 0. The lowest BCUT2D eigenvalue weighted by molar-refractivity contribution is 0.187. The van der Waals surface area contributed by atoms with Gasteiger partial charge in [0.15, 0.2) is 0 Å². The fraction of sp³-hybridized carbons (Fsp3) is 1.00. The Morgan fingerprint density at radius 1 is 1.25 bits per heavy atom. The zero-order valence-corrected chi connectivity index (χ0v) is 4.78. The van der Waals surface area contributed by atoms with Crippen LogP contribution in [-0.4, -0.2) is 13.2 Å². The van der Waals surface area contributed by atoms with Crippen LogP contribution in [0.5, 0.6) is 0 Å². The van der Waals surface area contributed by atoms with Gasteiger partial charge in [-0.2, -0.15) is 0 Å². The van der Waals surface area contributed by atoms with E-state index in [1.165, 1.54) is 0 Å². The first-order chi connectivity index (χ1) is 3.39. The van der Waals surface area contributed by atoms with E-state index in [1.54, 1.807) is 0 Å². The third-order valence-electron chi connectivity index (χ3n) is 0.706. The van der Waals surface area contributed by atoms with E-state index in [-0.39, 0.29) is 7.43 Å². The zero-order valence-electron chi connectivity index (χ0n) is 3.89. The number of rotatable bonds is 0. The average Bonchev–Trinajstić information content (AvgIpc) is 1.69. The van der Waals surface area contributed by atoms with E-state index in [1.807, 2.05) is 0 Å². The molecule has 0 aromatic carbocycles. The Kier molecular flexibility index (Phi) is 3.97. The second-order valence-corrected chi connectivity index (χ2v) is 2.31. The van der Waals surface area contributed by atoms with Gasteiger partial charge in [0.2, 0.25) is 0 Å². The minimum atomic E-state index is -1.24. The van der Waals surface area contributed by atoms with Crippen molar-refractivity contribution in [3.8, 4) is 0 Å². The van der Waals surface area contributed by atoms with Crippen LogP contribution in [0.25, 0.3) is 0 Å². The van der Waals surface area contributed by atoms with Gasteiger partial charge >= 0.3 is 8.17 Å². The van der Waals surface area contributed by atoms with Crippen molar-refractivity contribution < 1.29 is 9.05 Å². The normalized spacial score (nSPS) is 19.8. The van der Waals surface area contributed by atoms with Gasteiger partial charge in [-0.1, -0.05) is 12.6 Å². The molecule has 0 saturated carbocycles. The maximum Gasteiger partial charge on any atom is 0.556 e. The third kappa shape index (κ3) is 2.36. The van der Waals surface area contributed by atoms with Crippen molar-refractivity contribution in [3.05, 3.63) is 0 Å². The standard InChI is InChI=1S/C3H7NO2P.CH4/c4-7-5-2-1-3-6-7;/h4H,1-3H2;1H4/q+1;. The first-order valence-electron chi connectivity index (χ1n) is 2.17. The Balaban J connectivity index is 0.000000490. The minimum absolute atomic E-state index is 0. The molecule has 1 saturated heterocycles. The van der Waals surface area contributed by atoms with Crippen molar-refractivity contribution in [2.45, 2.75) is 13.8 Å². The second-order valence-electron chi connectivity index (χ2n) is 1.28. The molecule has 0 unspecified atom stereocenters. The van der Waals surface area contributed by atoms with Crippen molar-refractivity contribution >= 4 is 8.17 Å². The van der Waals surface area contributed by atoms with Crippen molar-refractivity contribution in [1.29, 1.82) is 5.16 Å². The topological polar surface area (TPSA) is 42.3 Å². The summed E-state index contributed by atoms with van der Waals surface area (Å²) in [5.41, 5.74) is 0. The molecule has 1 fully saturated rings. The summed E-state index contributed by atoms with van der Waals surface area (Å²) >= 11 is 0. The summed E-state index contributed by atoms with van der Waals surface area (Å²) in [4.78, 5) is 0. The second kappa shape index (κ2) is 3.96. The zero-order chi connectivity index (χ0) is 5.11. The quantitative estimate of drug-likeness (QED) is 0.518. The first-order valence-corrected chi connectivity index (χ1v) is 3.34. The van der Waals surface area contributed by atoms with Crippen LogP contribution in [0.3, 0.4) is 0 Å². The molecule has 0 radical (unpaired) electrons. The first kappa shape index (κ1) is 8.02. The monoisotopic (exact) mass is 136 g/mol. The lowest BCUT2D eigenvalue weighted by atomic mass is 10.5. The Labute approximate surface area is 50.4 Å². The van der Waals surface area contributed by atoms with Crippen LogP contribution in [0.2, 0.25) is 0 Å². The molecular weight excluding hydrogens is 125 g/mol. The summed E-state index contributed by atoms with van der Waals surface area (Å²) in [7, 11) is -1.24. The summed E-state index contributed by atoms with van der Waals surface area (Å²) in [6, 6.07) is 0. The van der Waals surface area contributed by atoms with Gasteiger partial charge in [-0.25, -0.2) is 0 Å². The van der Waals surface area contributed by atoms with E-state index in [9.17, 15) is 0 Å². The molecule has 1 aliphatic rings. The molecule has 8 heavy (non-hydrogen) atoms. The van der Waals surface area contributed by atoms with E-state index in [4.69, 9.17) is 14.2 Å². The van der Waals surface area contributed by atoms with Crippen molar-refractivity contribution in [2.75, 3.05) is 13.2 Å². The molecule has 48 valence electrons. The van der Waals surface area contributed by atoms with E-state index in [2.05, 4.69) is 0 Å². The molecular formula is C4H11NO2P+. The molecule has 0 atom stereocenters. The molecule has 4 heteroatoms. The SMILES string of the molecule is C.N=[P+]1OCCCO1. The predicted octanol–water partition coefficient (Wildman–Crippen LogP) is 2.13. The van der Waals surface area contributed by atoms with Gasteiger partial charge in [0.25, 0.3) is 0 Å². The summed E-state index contributed by atoms with van der Waals surface area (Å²) in [5, 5.41) is 6.89. The Morgan fingerprint density at radius 3 is 2.00 bits per heavy atom. The smallest absolute Gasteiger partial charge is 0.134 e. The Bertz CT molecular complexity index is 78.1. The average molecular weight is 136 g/mol. The molecule has 0 aromatic rings. The van der Waals surface area contributed by atoms with E-state index >= 15 is 0 Å². The van der Waals surface area contributed by atoms with Crippen LogP contribution in [0.1, 0.15) is 13.8 Å². The van der Waals surface area contributed by atoms with E-state index in [0.717, 1.165) is 6.42 Å². The van der Waals surface area contributed by atoms with Crippen molar-refractivity contribution in [3.63, 3.8) is 0 Å². The highest BCUT2D eigenvalue weighted by Gasteiger charge is 2.18. The highest BCUT2D eigenvalue weighted by molar-refractivity contribution is 7.34. The van der Waals surface area contributed by atoms with Crippen LogP contribution >= 0.6 is 8.17 Å². The molecule has 0 spiro atoms. The van der Waals surface area contributed by atoms with Gasteiger partial charge in [-0.05, 0) is 0 Å². The Morgan fingerprint density at radius 2 is 1.75 bits per heavy atom. The van der Waals surface area contributed by atoms with E-state index < -0.39 is 8.17 Å². The summed E-state index contributed by atoms with van der Waals surface area (Å²) < 4.78 is 9.57. The van der Waals surface area contributed by atoms with Gasteiger partial charge in [0.1, 0.15) is 13.2 Å². The summed E-state index contributed by atoms with van der Waals surface area (Å²) in [6.07, 6.45) is 0.942. The van der Waals surface area contributed by atoms with Crippen LogP contribution in [0.4, 0.5) is 0 Å². The molecule has 0 aliphatic carbocycles. The van der Waals surface area contributed by atoms with Crippen LogP contribution in [-0.2, 0) is 9.05 Å². The predicted molar refractivity (Wildman–Crippen MR) is 32.9 cm³/mol. The van der Waals surface area contributed by atoms with Crippen molar-refractivity contribution in [1.82, 2.24) is 0 Å². The molecule has 1 N–H and O–H groups in total. The van der Waals surface area contributed by atoms with Gasteiger partial charge in [-0.15, -0.1) is 9.05 Å². The molecule has 0 aromatic heterocycles. The number of nitrogens with one attached hydrogen (secondary N) is 1. The van der Waals surface area contributed by atoms with Crippen LogP contribution in [0, 0.1) is 5.16 Å². The number of hydrogen-bond acceptors (Lipinski definition) is 3. The highest BCUT2D eigenvalue weighted by Crippen LogP contribution is 2.28. The molecule has 1 heterocycles. The van der Waals surface area contributed by atoms with Crippen molar-refractivity contribution in [2.24, 2.45) is 0 Å². The van der Waals surface area contributed by atoms with Gasteiger partial charge in [0.05, 0.1) is 0 Å². The fourth-order valence-corrected chi connectivity index (χ4v) is 1.06. The molecule has 0 amide bonds. The minimum Gasteiger partial charge on any atom is -0.134 e. The molecule has 3 nitrogen and oxygen atoms in total. The third-order valence-corrected chi connectivity index (χ3v) is 1.54. The van der Waals surface area contributed by atoms with Gasteiger partial charge in [0, 0.05) is 6.42 Å². The fourth-order valence-electron chi connectivity index (χ4n) is 0.391. The Hall–Kier alpha value is 0.0200. The largest absolute Gasteiger partial charge is 0.556 e. The lowest BCUT2D eigenvalue weighted by Gasteiger charge is -1.96. The van der Waals surface area contributed by atoms with Crippen LogP contribution < -0.4 is 0 Å². The van der Waals surface area contributed by atoms with E-state index in [0.29, 0.717) is 13.2 Å². The number of hydrogen-bond donors (Lipinski definition) is 1. The maximum atomic E-state index is 6.89. The van der Waals surface area contributed by atoms with Gasteiger partial charge in [-0.3, -0.25) is 0 Å². The molecule has 1 rings (SSSR count). The molecule has 0 bridgehead atoms. The maximum absolute atomic E-state index is 6.89. The molecule has 1 aliphatic heterocycles.